The predicted molar refractivity (Wildman–Crippen MR) is 156 cm³/mol. The Hall–Kier alpha value is -4.45. The van der Waals surface area contributed by atoms with Crippen LogP contribution >= 0.6 is 11.6 Å². The van der Waals surface area contributed by atoms with Crippen LogP contribution in [0.2, 0.25) is 5.02 Å². The Balaban J connectivity index is 1.48. The van der Waals surface area contributed by atoms with Gasteiger partial charge in [0.05, 0.1) is 26.3 Å². The van der Waals surface area contributed by atoms with E-state index in [9.17, 15) is 13.2 Å². The van der Waals surface area contributed by atoms with Crippen LogP contribution in [0, 0.1) is 0 Å². The Morgan fingerprint density at radius 1 is 0.976 bits per heavy atom. The minimum absolute atomic E-state index is 0.0231. The van der Waals surface area contributed by atoms with Crippen LogP contribution in [0.15, 0.2) is 90.1 Å². The molecule has 0 saturated heterocycles. The number of nitrogens with zero attached hydrogens (tertiary/aromatic N) is 3. The van der Waals surface area contributed by atoms with Gasteiger partial charge in [-0.1, -0.05) is 35.9 Å². The number of ether oxygens (including phenoxy) is 2. The summed E-state index contributed by atoms with van der Waals surface area (Å²) in [6.07, 6.45) is 3.33. The predicted octanol–water partition coefficient (Wildman–Crippen LogP) is 4.75. The number of fused-ring (bicyclic) bond motifs is 1. The number of benzene rings is 3. The van der Waals surface area contributed by atoms with Gasteiger partial charge in [0.15, 0.2) is 5.65 Å². The van der Waals surface area contributed by atoms with E-state index in [1.54, 1.807) is 73.1 Å². The number of sulfonamides is 1. The quantitative estimate of drug-likeness (QED) is 0.240. The Bertz CT molecular complexity index is 1810. The summed E-state index contributed by atoms with van der Waals surface area (Å²) in [5.74, 6) is 0.701. The molecule has 0 radical (unpaired) electrons. The second-order valence-electron chi connectivity index (χ2n) is 8.99. The number of rotatable bonds is 10. The molecule has 2 aromatic heterocycles. The first-order valence-corrected chi connectivity index (χ1v) is 14.3. The lowest BCUT2D eigenvalue weighted by Crippen LogP contribution is -2.25. The molecule has 41 heavy (non-hydrogen) atoms. The van der Waals surface area contributed by atoms with Crippen LogP contribution in [0.4, 0.5) is 5.69 Å². The molecule has 0 bridgehead atoms. The van der Waals surface area contributed by atoms with Crippen LogP contribution in [0.5, 0.6) is 11.5 Å². The van der Waals surface area contributed by atoms with Crippen molar-refractivity contribution in [2.45, 2.75) is 17.9 Å². The fourth-order valence-corrected chi connectivity index (χ4v) is 5.67. The lowest BCUT2D eigenvalue weighted by molar-refractivity contribution is -0.115. The number of hydrogen-bond donors (Lipinski definition) is 2. The second kappa shape index (κ2) is 12.0. The van der Waals surface area contributed by atoms with Crippen molar-refractivity contribution in [3.63, 3.8) is 0 Å². The monoisotopic (exact) mass is 591 g/mol. The van der Waals surface area contributed by atoms with E-state index >= 15 is 0 Å². The summed E-state index contributed by atoms with van der Waals surface area (Å²) in [6.45, 7) is -0.0549. The van der Waals surface area contributed by atoms with Crippen LogP contribution in [0.1, 0.15) is 11.1 Å². The molecule has 0 aliphatic heterocycles. The third kappa shape index (κ3) is 6.32. The molecule has 0 unspecified atom stereocenters. The van der Waals surface area contributed by atoms with Gasteiger partial charge in [0.1, 0.15) is 16.4 Å². The normalized spacial score (nSPS) is 11.4. The van der Waals surface area contributed by atoms with Crippen molar-refractivity contribution in [1.29, 1.82) is 0 Å². The molecule has 5 aromatic rings. The van der Waals surface area contributed by atoms with Crippen molar-refractivity contribution in [3.8, 4) is 17.2 Å². The largest absolute Gasteiger partial charge is 0.497 e. The minimum atomic E-state index is -4.13. The smallest absolute Gasteiger partial charge is 0.243 e. The number of carbonyl (C=O) groups excluding carboxylic acids is 1. The fraction of sp³-hybridized carbons (Fsp3) is 0.138. The van der Waals surface area contributed by atoms with Crippen molar-refractivity contribution in [3.05, 3.63) is 101 Å². The number of hydrogen-bond acceptors (Lipinski definition) is 7. The van der Waals surface area contributed by atoms with E-state index < -0.39 is 10.0 Å². The van der Waals surface area contributed by atoms with Gasteiger partial charge < -0.3 is 14.8 Å². The summed E-state index contributed by atoms with van der Waals surface area (Å²) in [4.78, 5) is 17.0. The summed E-state index contributed by atoms with van der Waals surface area (Å²) in [6, 6.07) is 20.3. The first-order chi connectivity index (χ1) is 19.8. The topological polar surface area (TPSA) is 124 Å². The number of pyridine rings is 1. The van der Waals surface area contributed by atoms with Gasteiger partial charge in [-0.2, -0.15) is 0 Å². The van der Waals surface area contributed by atoms with E-state index in [0.29, 0.717) is 39.0 Å². The first kappa shape index (κ1) is 28.1. The van der Waals surface area contributed by atoms with Gasteiger partial charge in [-0.15, -0.1) is 5.10 Å². The minimum Gasteiger partial charge on any atom is -0.497 e. The zero-order valence-electron chi connectivity index (χ0n) is 22.2. The van der Waals surface area contributed by atoms with Gasteiger partial charge in [0, 0.05) is 46.7 Å². The highest BCUT2D eigenvalue weighted by atomic mass is 35.5. The molecule has 0 aliphatic carbocycles. The number of methoxy groups -OCH3 is 2. The molecule has 0 aliphatic rings. The Morgan fingerprint density at radius 3 is 2.56 bits per heavy atom. The van der Waals surface area contributed by atoms with E-state index in [0.717, 1.165) is 5.39 Å². The van der Waals surface area contributed by atoms with Crippen molar-refractivity contribution < 1.29 is 22.7 Å². The highest BCUT2D eigenvalue weighted by Crippen LogP contribution is 2.28. The third-order valence-corrected chi connectivity index (χ3v) is 8.12. The average Bonchev–Trinajstić information content (AvgIpc) is 3.41. The van der Waals surface area contributed by atoms with Crippen molar-refractivity contribution >= 4 is 44.3 Å². The standard InChI is InChI=1S/C29H26ClN5O5S/c1-39-23-11-9-20(26(16-23)40-2)17-32-41(37,38)27-15-22(33-28(36)14-19-6-3-4-8-24(19)30)10-12-25(27)35-18-21-7-5-13-31-29(21)34-35/h3-13,15-16,18,32H,14,17H2,1-2H3,(H,33,36). The lowest BCUT2D eigenvalue weighted by Gasteiger charge is -2.15. The van der Waals surface area contributed by atoms with Gasteiger partial charge in [-0.3, -0.25) is 4.79 Å². The first-order valence-electron chi connectivity index (χ1n) is 12.5. The van der Waals surface area contributed by atoms with E-state index in [-0.39, 0.29) is 29.5 Å². The van der Waals surface area contributed by atoms with Gasteiger partial charge in [0.25, 0.3) is 0 Å². The summed E-state index contributed by atoms with van der Waals surface area (Å²) in [7, 11) is -1.10. The zero-order valence-corrected chi connectivity index (χ0v) is 23.7. The summed E-state index contributed by atoms with van der Waals surface area (Å²) in [5, 5.41) is 8.44. The summed E-state index contributed by atoms with van der Waals surface area (Å²) in [5.41, 5.74) is 2.30. The van der Waals surface area contributed by atoms with Crippen LogP contribution in [-0.2, 0) is 27.8 Å². The van der Waals surface area contributed by atoms with Crippen molar-refractivity contribution in [1.82, 2.24) is 19.5 Å². The Kier molecular flexibility index (Phi) is 8.20. The molecule has 0 atom stereocenters. The molecule has 1 amide bonds. The van der Waals surface area contributed by atoms with Crippen LogP contribution in [0.25, 0.3) is 16.7 Å². The maximum absolute atomic E-state index is 13.7. The number of nitrogens with one attached hydrogen (secondary N) is 2. The van der Waals surface area contributed by atoms with Crippen LogP contribution in [0.3, 0.4) is 0 Å². The number of amides is 1. The summed E-state index contributed by atoms with van der Waals surface area (Å²) < 4.78 is 42.2. The van der Waals surface area contributed by atoms with Crippen LogP contribution < -0.4 is 19.5 Å². The maximum Gasteiger partial charge on any atom is 0.243 e. The molecule has 0 spiro atoms. The molecule has 2 N–H and O–H groups in total. The van der Waals surface area contributed by atoms with E-state index in [1.165, 1.54) is 25.0 Å². The van der Waals surface area contributed by atoms with Crippen LogP contribution in [-0.4, -0.2) is 43.3 Å². The van der Waals surface area contributed by atoms with E-state index in [2.05, 4.69) is 20.1 Å². The molecule has 2 heterocycles. The second-order valence-corrected chi connectivity index (χ2v) is 11.1. The molecule has 0 saturated carbocycles. The van der Waals surface area contributed by atoms with Gasteiger partial charge in [-0.25, -0.2) is 22.8 Å². The molecule has 0 fully saturated rings. The van der Waals surface area contributed by atoms with Gasteiger partial charge >= 0.3 is 0 Å². The molecule has 3 aromatic carbocycles. The van der Waals surface area contributed by atoms with Gasteiger partial charge in [-0.05, 0) is 48.0 Å². The molecule has 5 rings (SSSR count). The van der Waals surface area contributed by atoms with Crippen molar-refractivity contribution in [2.24, 2.45) is 0 Å². The molecule has 12 heteroatoms. The van der Waals surface area contributed by atoms with E-state index in [1.807, 2.05) is 6.07 Å². The number of anilines is 1. The highest BCUT2D eigenvalue weighted by molar-refractivity contribution is 7.89. The molecular formula is C29H26ClN5O5S. The molecule has 210 valence electrons. The lowest BCUT2D eigenvalue weighted by atomic mass is 10.1. The van der Waals surface area contributed by atoms with Crippen molar-refractivity contribution in [2.75, 3.05) is 19.5 Å². The fourth-order valence-electron chi connectivity index (χ4n) is 4.24. The average molecular weight is 592 g/mol. The highest BCUT2D eigenvalue weighted by Gasteiger charge is 2.23. The molecular weight excluding hydrogens is 566 g/mol. The van der Waals surface area contributed by atoms with E-state index in [4.69, 9.17) is 21.1 Å². The number of aromatic nitrogens is 3. The maximum atomic E-state index is 13.7. The summed E-state index contributed by atoms with van der Waals surface area (Å²) >= 11 is 6.20. The Morgan fingerprint density at radius 2 is 1.80 bits per heavy atom. The van der Waals surface area contributed by atoms with Gasteiger partial charge in [0.2, 0.25) is 15.9 Å². The number of halogens is 1. The number of carbonyl (C=O) groups is 1. The Labute approximate surface area is 241 Å². The SMILES string of the molecule is COc1ccc(CNS(=O)(=O)c2cc(NC(=O)Cc3ccccc3Cl)ccc2-n2cc3cccnc3n2)c(OC)c1. The third-order valence-electron chi connectivity index (χ3n) is 6.32. The zero-order chi connectivity index (χ0) is 29.0. The molecule has 10 nitrogen and oxygen atoms in total.